The molecule has 0 radical (unpaired) electrons. The van der Waals surface area contributed by atoms with E-state index in [1.807, 2.05) is 6.92 Å². The Balaban J connectivity index is 2.00. The number of amides is 1. The topological polar surface area (TPSA) is 76.2 Å². The number of carbonyl (C=O) groups excluding carboxylic acids is 1. The summed E-state index contributed by atoms with van der Waals surface area (Å²) in [5, 5.41) is 7.28. The molecular weight excluding hydrogens is 254 g/mol. The number of nitrogen functional groups attached to an aromatic ring is 1. The van der Waals surface area contributed by atoms with Gasteiger partial charge in [-0.1, -0.05) is 13.3 Å². The molecule has 1 aromatic rings. The molecule has 112 valence electrons. The van der Waals surface area contributed by atoms with Crippen LogP contribution in [0.2, 0.25) is 0 Å². The van der Waals surface area contributed by atoms with E-state index in [-0.39, 0.29) is 5.91 Å². The number of carbonyl (C=O) groups is 1. The van der Waals surface area contributed by atoms with Crippen LogP contribution in [-0.2, 0) is 13.5 Å². The van der Waals surface area contributed by atoms with Gasteiger partial charge in [-0.3, -0.25) is 9.48 Å². The van der Waals surface area contributed by atoms with E-state index in [2.05, 4.69) is 22.4 Å². The second kappa shape index (κ2) is 6.26. The molecule has 3 N–H and O–H groups in total. The molecule has 2 rings (SSSR count). The molecule has 0 spiro atoms. The van der Waals surface area contributed by atoms with E-state index in [4.69, 9.17) is 5.73 Å². The lowest BCUT2D eigenvalue weighted by Crippen LogP contribution is -2.44. The minimum atomic E-state index is -0.129. The van der Waals surface area contributed by atoms with Crippen molar-refractivity contribution in [1.82, 2.24) is 20.0 Å². The van der Waals surface area contributed by atoms with E-state index in [9.17, 15) is 4.79 Å². The van der Waals surface area contributed by atoms with Gasteiger partial charge in [-0.25, -0.2) is 0 Å². The van der Waals surface area contributed by atoms with Gasteiger partial charge in [0.15, 0.2) is 0 Å². The van der Waals surface area contributed by atoms with Gasteiger partial charge in [-0.2, -0.15) is 5.10 Å². The second-order valence-corrected chi connectivity index (χ2v) is 5.53. The van der Waals surface area contributed by atoms with Crippen LogP contribution in [0, 0.1) is 0 Å². The summed E-state index contributed by atoms with van der Waals surface area (Å²) in [5.74, 6) is -0.129. The number of likely N-dealkylation sites (tertiary alicyclic amines) is 1. The van der Waals surface area contributed by atoms with Crippen LogP contribution in [0.15, 0.2) is 0 Å². The Kier molecular flexibility index (Phi) is 4.65. The molecule has 1 amide bonds. The number of hydrogen-bond donors (Lipinski definition) is 2. The molecule has 6 nitrogen and oxygen atoms in total. The lowest BCUT2D eigenvalue weighted by atomic mass is 10.0. The van der Waals surface area contributed by atoms with Crippen molar-refractivity contribution in [3.8, 4) is 0 Å². The van der Waals surface area contributed by atoms with Gasteiger partial charge in [0, 0.05) is 19.6 Å². The minimum Gasteiger partial charge on any atom is -0.395 e. The molecule has 1 unspecified atom stereocenters. The number of anilines is 1. The summed E-state index contributed by atoms with van der Waals surface area (Å²) in [4.78, 5) is 14.6. The number of nitrogens with zero attached hydrogens (tertiary/aromatic N) is 3. The number of piperidine rings is 1. The zero-order valence-corrected chi connectivity index (χ0v) is 12.6. The molecule has 1 atom stereocenters. The van der Waals surface area contributed by atoms with E-state index in [0.717, 1.165) is 25.1 Å². The zero-order valence-electron chi connectivity index (χ0n) is 12.6. The highest BCUT2D eigenvalue weighted by molar-refractivity contribution is 5.98. The van der Waals surface area contributed by atoms with Gasteiger partial charge in [0.1, 0.15) is 5.69 Å². The summed E-state index contributed by atoms with van der Waals surface area (Å²) >= 11 is 0. The van der Waals surface area contributed by atoms with Crippen molar-refractivity contribution in [2.45, 2.75) is 38.6 Å². The molecule has 0 aliphatic carbocycles. The number of rotatable bonds is 4. The first-order valence-electron chi connectivity index (χ1n) is 7.34. The maximum atomic E-state index is 12.3. The summed E-state index contributed by atoms with van der Waals surface area (Å²) in [7, 11) is 3.88. The maximum Gasteiger partial charge on any atom is 0.271 e. The quantitative estimate of drug-likeness (QED) is 0.854. The Hall–Kier alpha value is -1.56. The first-order chi connectivity index (χ1) is 9.54. The van der Waals surface area contributed by atoms with Gasteiger partial charge < -0.3 is 16.0 Å². The molecule has 0 bridgehead atoms. The fourth-order valence-electron chi connectivity index (χ4n) is 2.82. The first-order valence-corrected chi connectivity index (χ1v) is 7.34. The van der Waals surface area contributed by atoms with Crippen molar-refractivity contribution < 1.29 is 4.79 Å². The lowest BCUT2D eigenvalue weighted by Gasteiger charge is -2.32. The van der Waals surface area contributed by atoms with Gasteiger partial charge in [-0.15, -0.1) is 0 Å². The second-order valence-electron chi connectivity index (χ2n) is 5.53. The predicted molar refractivity (Wildman–Crippen MR) is 79.6 cm³/mol. The van der Waals surface area contributed by atoms with E-state index < -0.39 is 0 Å². The van der Waals surface area contributed by atoms with Crippen LogP contribution in [0.4, 0.5) is 5.69 Å². The third-order valence-electron chi connectivity index (χ3n) is 4.13. The summed E-state index contributed by atoms with van der Waals surface area (Å²) in [5.41, 5.74) is 7.76. The number of likely N-dealkylation sites (N-methyl/N-ethyl adjacent to an activating group) is 1. The third kappa shape index (κ3) is 2.95. The van der Waals surface area contributed by atoms with Crippen molar-refractivity contribution in [3.05, 3.63) is 11.4 Å². The van der Waals surface area contributed by atoms with Crippen molar-refractivity contribution >= 4 is 11.6 Å². The average molecular weight is 279 g/mol. The normalized spacial score (nSPS) is 20.1. The minimum absolute atomic E-state index is 0.129. The molecule has 2 heterocycles. The van der Waals surface area contributed by atoms with E-state index in [1.165, 1.54) is 12.8 Å². The van der Waals surface area contributed by atoms with E-state index in [1.54, 1.807) is 11.7 Å². The highest BCUT2D eigenvalue weighted by atomic mass is 16.2. The summed E-state index contributed by atoms with van der Waals surface area (Å²) in [6.45, 7) is 3.76. The number of nitrogens with two attached hydrogens (primary N) is 1. The van der Waals surface area contributed by atoms with Gasteiger partial charge in [0.05, 0.1) is 11.4 Å². The Morgan fingerprint density at radius 3 is 2.80 bits per heavy atom. The molecule has 0 saturated carbocycles. The van der Waals surface area contributed by atoms with Gasteiger partial charge in [-0.05, 0) is 32.9 Å². The van der Waals surface area contributed by atoms with E-state index in [0.29, 0.717) is 24.0 Å². The highest BCUT2D eigenvalue weighted by Crippen LogP contribution is 2.17. The molecular formula is C14H25N5O. The largest absolute Gasteiger partial charge is 0.395 e. The van der Waals surface area contributed by atoms with Crippen LogP contribution in [0.5, 0.6) is 0 Å². The highest BCUT2D eigenvalue weighted by Gasteiger charge is 2.22. The lowest BCUT2D eigenvalue weighted by molar-refractivity contribution is 0.0920. The van der Waals surface area contributed by atoms with Crippen LogP contribution >= 0.6 is 0 Å². The molecule has 1 aliphatic heterocycles. The van der Waals surface area contributed by atoms with Crippen LogP contribution in [0.25, 0.3) is 0 Å². The average Bonchev–Trinajstić information content (AvgIpc) is 2.72. The predicted octanol–water partition coefficient (Wildman–Crippen LogP) is 0.779. The smallest absolute Gasteiger partial charge is 0.271 e. The standard InChI is InChI=1S/C14H25N5O/c1-4-11-12(15)13(19(3)17-11)14(20)16-9-10-7-5-6-8-18(10)2/h10H,4-9,15H2,1-3H3,(H,16,20). The molecule has 6 heteroatoms. The van der Waals surface area contributed by atoms with Crippen molar-refractivity contribution in [2.75, 3.05) is 25.9 Å². The summed E-state index contributed by atoms with van der Waals surface area (Å²) in [6, 6.07) is 0.424. The Morgan fingerprint density at radius 2 is 2.20 bits per heavy atom. The van der Waals surface area contributed by atoms with Crippen LogP contribution in [0.1, 0.15) is 42.4 Å². The van der Waals surface area contributed by atoms with Crippen molar-refractivity contribution in [2.24, 2.45) is 7.05 Å². The molecule has 0 aromatic carbocycles. The Bertz CT molecular complexity index is 482. The third-order valence-corrected chi connectivity index (χ3v) is 4.13. The monoisotopic (exact) mass is 279 g/mol. The van der Waals surface area contributed by atoms with Crippen LogP contribution in [-0.4, -0.2) is 46.8 Å². The molecule has 1 saturated heterocycles. The summed E-state index contributed by atoms with van der Waals surface area (Å²) < 4.78 is 1.58. The fourth-order valence-corrected chi connectivity index (χ4v) is 2.82. The number of nitrogens with one attached hydrogen (secondary N) is 1. The fraction of sp³-hybridized carbons (Fsp3) is 0.714. The molecule has 1 fully saturated rings. The van der Waals surface area contributed by atoms with Gasteiger partial charge >= 0.3 is 0 Å². The first kappa shape index (κ1) is 14.8. The Morgan fingerprint density at radius 1 is 1.45 bits per heavy atom. The van der Waals surface area contributed by atoms with E-state index >= 15 is 0 Å². The van der Waals surface area contributed by atoms with Crippen molar-refractivity contribution in [1.29, 1.82) is 0 Å². The SMILES string of the molecule is CCc1nn(C)c(C(=O)NCC2CCCCN2C)c1N. The van der Waals surface area contributed by atoms with Gasteiger partial charge in [0.2, 0.25) is 0 Å². The number of hydrogen-bond acceptors (Lipinski definition) is 4. The Labute approximate surface area is 120 Å². The number of aromatic nitrogens is 2. The maximum absolute atomic E-state index is 12.3. The van der Waals surface area contributed by atoms with Crippen LogP contribution < -0.4 is 11.1 Å². The molecule has 1 aromatic heterocycles. The molecule has 20 heavy (non-hydrogen) atoms. The van der Waals surface area contributed by atoms with Crippen molar-refractivity contribution in [3.63, 3.8) is 0 Å². The van der Waals surface area contributed by atoms with Crippen LogP contribution in [0.3, 0.4) is 0 Å². The van der Waals surface area contributed by atoms with Gasteiger partial charge in [0.25, 0.3) is 5.91 Å². The number of aryl methyl sites for hydroxylation is 2. The molecule has 1 aliphatic rings. The zero-order chi connectivity index (χ0) is 14.7. The summed E-state index contributed by atoms with van der Waals surface area (Å²) in [6.07, 6.45) is 4.35.